The quantitative estimate of drug-likeness (QED) is 0.280. The number of fused-ring (bicyclic) bond motifs is 2. The standard InChI is InChI=1S/C32H43N3O5S/c1-4-33(5-2)23-13-15-24(16-14-23)34-20-12-18-32-25(28(37)35(19-9-10-21-36)27(32)29(34)38)26-30(39)40-22-11-7-6-8-17-31(26,3)41-32/h8,12-18,25-27,36H,4-7,9-11,19-22H2,1-3H3/b17-8-/t25-,26+,27?,31-,32-/m0/s1. The summed E-state index contributed by atoms with van der Waals surface area (Å²) in [6.07, 6.45) is 12.0. The van der Waals surface area contributed by atoms with E-state index in [1.165, 1.54) is 0 Å². The smallest absolute Gasteiger partial charge is 0.311 e. The molecular weight excluding hydrogens is 538 g/mol. The molecule has 0 aromatic heterocycles. The molecule has 5 rings (SSSR count). The van der Waals surface area contributed by atoms with Crippen LogP contribution in [-0.2, 0) is 19.1 Å². The van der Waals surface area contributed by atoms with Crippen molar-refractivity contribution < 1.29 is 24.2 Å². The largest absolute Gasteiger partial charge is 0.465 e. The zero-order chi connectivity index (χ0) is 29.2. The molecule has 0 saturated carbocycles. The second-order valence-corrected chi connectivity index (χ2v) is 13.4. The number of carbonyl (C=O) groups is 3. The van der Waals surface area contributed by atoms with E-state index in [2.05, 4.69) is 30.9 Å². The summed E-state index contributed by atoms with van der Waals surface area (Å²) >= 11 is 1.57. The van der Waals surface area contributed by atoms with Crippen LogP contribution in [0.25, 0.3) is 0 Å². The Bertz CT molecular complexity index is 1200. The number of hydrogen-bond donors (Lipinski definition) is 1. The molecule has 1 aromatic carbocycles. The van der Waals surface area contributed by atoms with Crippen molar-refractivity contribution in [3.8, 4) is 0 Å². The van der Waals surface area contributed by atoms with Crippen molar-refractivity contribution in [1.29, 1.82) is 0 Å². The number of carbonyl (C=O) groups excluding carboxylic acids is 3. The summed E-state index contributed by atoms with van der Waals surface area (Å²) in [6.45, 7) is 9.14. The third-order valence-electron chi connectivity index (χ3n) is 9.10. The van der Waals surface area contributed by atoms with Crippen LogP contribution in [-0.4, -0.2) is 82.7 Å². The fourth-order valence-corrected chi connectivity index (χ4v) is 9.25. The molecule has 8 nitrogen and oxygen atoms in total. The van der Waals surface area contributed by atoms with Crippen LogP contribution in [0.5, 0.6) is 0 Å². The summed E-state index contributed by atoms with van der Waals surface area (Å²) in [5, 5.41) is 9.45. The maximum absolute atomic E-state index is 14.6. The fraction of sp³-hybridized carbons (Fsp3) is 0.594. The maximum atomic E-state index is 14.6. The molecule has 2 saturated heterocycles. The number of ether oxygens (including phenoxy) is 1. The molecule has 1 aromatic rings. The minimum absolute atomic E-state index is 0.0205. The van der Waals surface area contributed by atoms with E-state index in [-0.39, 0.29) is 24.4 Å². The monoisotopic (exact) mass is 581 g/mol. The van der Waals surface area contributed by atoms with Gasteiger partial charge in [0.05, 0.1) is 23.2 Å². The van der Waals surface area contributed by atoms with Crippen LogP contribution in [0.2, 0.25) is 0 Å². The highest BCUT2D eigenvalue weighted by molar-refractivity contribution is 8.02. The zero-order valence-electron chi connectivity index (χ0n) is 24.5. The molecular formula is C32H43N3O5S. The second kappa shape index (κ2) is 12.2. The highest BCUT2D eigenvalue weighted by Gasteiger charge is 2.73. The highest BCUT2D eigenvalue weighted by Crippen LogP contribution is 2.65. The van der Waals surface area contributed by atoms with Gasteiger partial charge in [0.2, 0.25) is 5.91 Å². The summed E-state index contributed by atoms with van der Waals surface area (Å²) in [5.41, 5.74) is 1.88. The molecule has 41 heavy (non-hydrogen) atoms. The Labute approximate surface area is 247 Å². The van der Waals surface area contributed by atoms with Crippen molar-refractivity contribution >= 4 is 40.9 Å². The number of aliphatic hydroxyl groups excluding tert-OH is 1. The molecule has 1 N–H and O–H groups in total. The molecule has 5 atom stereocenters. The van der Waals surface area contributed by atoms with Gasteiger partial charge in [-0.15, -0.1) is 11.8 Å². The number of amides is 2. The van der Waals surface area contributed by atoms with Gasteiger partial charge >= 0.3 is 5.97 Å². The summed E-state index contributed by atoms with van der Waals surface area (Å²) < 4.78 is 4.16. The molecule has 4 aliphatic rings. The lowest BCUT2D eigenvalue weighted by atomic mass is 9.74. The second-order valence-electron chi connectivity index (χ2n) is 11.6. The van der Waals surface area contributed by atoms with E-state index in [1.807, 2.05) is 43.3 Å². The number of likely N-dealkylation sites (tertiary alicyclic amines) is 1. The van der Waals surface area contributed by atoms with Crippen LogP contribution in [0.1, 0.15) is 52.9 Å². The van der Waals surface area contributed by atoms with Crippen molar-refractivity contribution in [1.82, 2.24) is 4.90 Å². The molecule has 222 valence electrons. The van der Waals surface area contributed by atoms with Gasteiger partial charge in [-0.3, -0.25) is 14.4 Å². The van der Waals surface area contributed by atoms with Crippen molar-refractivity contribution in [3.63, 3.8) is 0 Å². The molecule has 0 aliphatic carbocycles. The van der Waals surface area contributed by atoms with Crippen molar-refractivity contribution in [2.75, 3.05) is 49.2 Å². The van der Waals surface area contributed by atoms with Crippen molar-refractivity contribution in [2.45, 2.75) is 68.4 Å². The molecule has 0 bridgehead atoms. The molecule has 1 spiro atoms. The third-order valence-corrected chi connectivity index (χ3v) is 10.9. The Morgan fingerprint density at radius 2 is 1.76 bits per heavy atom. The normalized spacial score (nSPS) is 32.2. The van der Waals surface area contributed by atoms with E-state index >= 15 is 0 Å². The van der Waals surface area contributed by atoms with Crippen molar-refractivity contribution in [2.24, 2.45) is 11.8 Å². The zero-order valence-corrected chi connectivity index (χ0v) is 25.3. The minimum Gasteiger partial charge on any atom is -0.465 e. The van der Waals surface area contributed by atoms with Gasteiger partial charge in [0.1, 0.15) is 6.04 Å². The fourth-order valence-electron chi connectivity index (χ4n) is 7.10. The first kappa shape index (κ1) is 29.7. The molecule has 1 unspecified atom stereocenters. The maximum Gasteiger partial charge on any atom is 0.311 e. The first-order valence-electron chi connectivity index (χ1n) is 15.1. The Hall–Kier alpha value is -2.78. The first-order chi connectivity index (χ1) is 19.8. The van der Waals surface area contributed by atoms with Gasteiger partial charge in [0, 0.05) is 48.9 Å². The number of allylic oxidation sites excluding steroid dienone is 1. The van der Waals surface area contributed by atoms with E-state index in [9.17, 15) is 19.5 Å². The van der Waals surface area contributed by atoms with Gasteiger partial charge in [0.25, 0.3) is 5.91 Å². The van der Waals surface area contributed by atoms with Crippen LogP contribution in [0.3, 0.4) is 0 Å². The van der Waals surface area contributed by atoms with Gasteiger partial charge in [0.15, 0.2) is 0 Å². The van der Waals surface area contributed by atoms with Crippen LogP contribution in [0.15, 0.2) is 48.6 Å². The van der Waals surface area contributed by atoms with E-state index in [0.717, 1.165) is 43.7 Å². The van der Waals surface area contributed by atoms with E-state index < -0.39 is 27.4 Å². The van der Waals surface area contributed by atoms with Gasteiger partial charge in [-0.2, -0.15) is 0 Å². The number of rotatable bonds is 8. The Morgan fingerprint density at radius 3 is 2.46 bits per heavy atom. The number of hydrogen-bond acceptors (Lipinski definition) is 7. The molecule has 9 heteroatoms. The lowest BCUT2D eigenvalue weighted by Crippen LogP contribution is -2.53. The Kier molecular flexibility index (Phi) is 8.85. The Balaban J connectivity index is 1.56. The number of thioether (sulfide) groups is 1. The molecule has 2 amide bonds. The summed E-state index contributed by atoms with van der Waals surface area (Å²) in [4.78, 5) is 48.3. The first-order valence-corrected chi connectivity index (χ1v) is 15.9. The van der Waals surface area contributed by atoms with Gasteiger partial charge in [-0.05, 0) is 77.1 Å². The number of nitrogens with zero attached hydrogens (tertiary/aromatic N) is 3. The van der Waals surface area contributed by atoms with Crippen LogP contribution in [0.4, 0.5) is 11.4 Å². The van der Waals surface area contributed by atoms with E-state index in [4.69, 9.17) is 4.74 Å². The minimum atomic E-state index is -0.903. The number of cyclic esters (lactones) is 1. The van der Waals surface area contributed by atoms with Crippen LogP contribution in [0, 0.1) is 11.8 Å². The molecule has 4 aliphatic heterocycles. The SMILES string of the molecule is CCN(CC)c1ccc(N2CC=C[C@]34S[C@@]5(C)/C=C\CCCCOC(=O)[C@H]5[C@H]3C(=O)N(CCCCO)C4C2=O)cc1. The van der Waals surface area contributed by atoms with Crippen LogP contribution >= 0.6 is 11.8 Å². The number of unbranched alkanes of at least 4 members (excludes halogenated alkanes) is 1. The third kappa shape index (κ3) is 5.20. The molecule has 0 radical (unpaired) electrons. The summed E-state index contributed by atoms with van der Waals surface area (Å²) in [6, 6.07) is 7.28. The lowest BCUT2D eigenvalue weighted by molar-refractivity contribution is -0.154. The predicted octanol–water partition coefficient (Wildman–Crippen LogP) is 4.18. The number of anilines is 2. The van der Waals surface area contributed by atoms with Gasteiger partial charge in [-0.25, -0.2) is 0 Å². The summed E-state index contributed by atoms with van der Waals surface area (Å²) in [7, 11) is 0. The average Bonchev–Trinajstić information content (AvgIpc) is 3.29. The van der Waals surface area contributed by atoms with E-state index in [1.54, 1.807) is 21.6 Å². The Morgan fingerprint density at radius 1 is 1.00 bits per heavy atom. The molecule has 4 heterocycles. The van der Waals surface area contributed by atoms with Crippen molar-refractivity contribution in [3.05, 3.63) is 48.6 Å². The number of aliphatic hydroxyl groups is 1. The number of benzene rings is 1. The lowest BCUT2D eigenvalue weighted by Gasteiger charge is -2.37. The van der Waals surface area contributed by atoms with Crippen LogP contribution < -0.4 is 9.80 Å². The van der Waals surface area contributed by atoms with Gasteiger partial charge in [-0.1, -0.05) is 24.3 Å². The van der Waals surface area contributed by atoms with Gasteiger partial charge < -0.3 is 24.5 Å². The average molecular weight is 582 g/mol. The predicted molar refractivity (Wildman–Crippen MR) is 163 cm³/mol. The highest BCUT2D eigenvalue weighted by atomic mass is 32.2. The molecule has 2 fully saturated rings. The number of esters is 1. The topological polar surface area (TPSA) is 90.4 Å². The summed E-state index contributed by atoms with van der Waals surface area (Å²) in [5.74, 6) is -2.07. The van der Waals surface area contributed by atoms with E-state index in [0.29, 0.717) is 32.5 Å².